The zero-order valence-electron chi connectivity index (χ0n) is 12.1. The topological polar surface area (TPSA) is 59.6 Å². The molecular weight excluding hydrogens is 304 g/mol. The van der Waals surface area contributed by atoms with E-state index in [-0.39, 0.29) is 6.03 Å². The fourth-order valence-electron chi connectivity index (χ4n) is 1.74. The summed E-state index contributed by atoms with van der Waals surface area (Å²) in [6.45, 7) is 0.741. The lowest BCUT2D eigenvalue weighted by Crippen LogP contribution is -2.32. The number of halogens is 1. The Morgan fingerprint density at radius 1 is 1.14 bits per heavy atom. The van der Waals surface area contributed by atoms with Gasteiger partial charge in [0.25, 0.3) is 0 Å². The molecule has 2 aromatic rings. The number of benzene rings is 2. The second-order valence-electron chi connectivity index (χ2n) is 4.42. The lowest BCUT2D eigenvalue weighted by Gasteiger charge is -2.09. The summed E-state index contributed by atoms with van der Waals surface area (Å²) >= 11 is 5.85. The van der Waals surface area contributed by atoms with Crippen molar-refractivity contribution >= 4 is 23.3 Å². The Bertz CT molecular complexity index is 617. The molecule has 0 aliphatic rings. The summed E-state index contributed by atoms with van der Waals surface area (Å²) in [6.07, 6.45) is 0. The van der Waals surface area contributed by atoms with E-state index in [1.165, 1.54) is 0 Å². The third-order valence-corrected chi connectivity index (χ3v) is 3.04. The average molecular weight is 321 g/mol. The monoisotopic (exact) mass is 320 g/mol. The highest BCUT2D eigenvalue weighted by Crippen LogP contribution is 2.17. The number of methoxy groups -OCH3 is 1. The first-order chi connectivity index (χ1) is 10.7. The first kappa shape index (κ1) is 16.0. The Balaban J connectivity index is 1.69. The molecule has 6 heteroatoms. The SMILES string of the molecule is COc1ccc(NC(=O)NCCOc2cccc(Cl)c2)cc1. The van der Waals surface area contributed by atoms with Crippen molar-refractivity contribution in [2.75, 3.05) is 25.6 Å². The number of nitrogens with one attached hydrogen (secondary N) is 2. The fraction of sp³-hybridized carbons (Fsp3) is 0.188. The van der Waals surface area contributed by atoms with Crippen LogP contribution in [0.5, 0.6) is 11.5 Å². The van der Waals surface area contributed by atoms with E-state index in [1.54, 1.807) is 43.5 Å². The predicted molar refractivity (Wildman–Crippen MR) is 87.0 cm³/mol. The van der Waals surface area contributed by atoms with Gasteiger partial charge in [-0.15, -0.1) is 0 Å². The minimum Gasteiger partial charge on any atom is -0.497 e. The number of hydrogen-bond donors (Lipinski definition) is 2. The average Bonchev–Trinajstić information content (AvgIpc) is 2.52. The van der Waals surface area contributed by atoms with Crippen molar-refractivity contribution < 1.29 is 14.3 Å². The van der Waals surface area contributed by atoms with Crippen molar-refractivity contribution in [3.05, 3.63) is 53.6 Å². The van der Waals surface area contributed by atoms with Gasteiger partial charge in [-0.05, 0) is 42.5 Å². The summed E-state index contributed by atoms with van der Waals surface area (Å²) < 4.78 is 10.5. The van der Waals surface area contributed by atoms with Crippen LogP contribution in [0, 0.1) is 0 Å². The third kappa shape index (κ3) is 5.18. The second kappa shape index (κ2) is 8.14. The summed E-state index contributed by atoms with van der Waals surface area (Å²) in [5.74, 6) is 1.41. The molecule has 2 amide bonds. The van der Waals surface area contributed by atoms with Crippen molar-refractivity contribution in [3.8, 4) is 11.5 Å². The van der Waals surface area contributed by atoms with Gasteiger partial charge >= 0.3 is 6.03 Å². The molecule has 0 heterocycles. The molecule has 5 nitrogen and oxygen atoms in total. The Labute approximate surface area is 134 Å². The number of hydrogen-bond acceptors (Lipinski definition) is 3. The van der Waals surface area contributed by atoms with Gasteiger partial charge < -0.3 is 20.1 Å². The zero-order valence-corrected chi connectivity index (χ0v) is 12.9. The van der Waals surface area contributed by atoms with Crippen LogP contribution in [-0.2, 0) is 0 Å². The summed E-state index contributed by atoms with van der Waals surface area (Å²) in [5, 5.41) is 6.04. The Morgan fingerprint density at radius 2 is 1.91 bits per heavy atom. The van der Waals surface area contributed by atoms with Crippen LogP contribution in [-0.4, -0.2) is 26.3 Å². The fourth-order valence-corrected chi connectivity index (χ4v) is 1.92. The molecule has 0 aliphatic carbocycles. The van der Waals surface area contributed by atoms with Gasteiger partial charge in [0.05, 0.1) is 13.7 Å². The molecule has 116 valence electrons. The van der Waals surface area contributed by atoms with Crippen LogP contribution >= 0.6 is 11.6 Å². The number of anilines is 1. The zero-order chi connectivity index (χ0) is 15.8. The maximum Gasteiger partial charge on any atom is 0.319 e. The Kier molecular flexibility index (Phi) is 5.91. The van der Waals surface area contributed by atoms with E-state index in [4.69, 9.17) is 21.1 Å². The molecule has 0 saturated heterocycles. The van der Waals surface area contributed by atoms with E-state index >= 15 is 0 Å². The summed E-state index contributed by atoms with van der Waals surface area (Å²) in [5.41, 5.74) is 0.689. The normalized spacial score (nSPS) is 9.91. The Hall–Kier alpha value is -2.40. The summed E-state index contributed by atoms with van der Waals surface area (Å²) in [6, 6.07) is 13.9. The van der Waals surface area contributed by atoms with E-state index in [0.717, 1.165) is 5.75 Å². The van der Waals surface area contributed by atoms with E-state index in [9.17, 15) is 4.79 Å². The summed E-state index contributed by atoms with van der Waals surface area (Å²) in [7, 11) is 1.59. The van der Waals surface area contributed by atoms with Gasteiger partial charge in [0.15, 0.2) is 0 Å². The molecule has 2 N–H and O–H groups in total. The number of carbonyl (C=O) groups excluding carboxylic acids is 1. The molecule has 0 bridgehead atoms. The maximum atomic E-state index is 11.7. The predicted octanol–water partition coefficient (Wildman–Crippen LogP) is 3.55. The van der Waals surface area contributed by atoms with E-state index in [1.807, 2.05) is 12.1 Å². The highest BCUT2D eigenvalue weighted by atomic mass is 35.5. The van der Waals surface area contributed by atoms with Crippen LogP contribution in [0.4, 0.5) is 10.5 Å². The standard InChI is InChI=1S/C16H17ClN2O3/c1-21-14-7-5-13(6-8-14)19-16(20)18-9-10-22-15-4-2-3-12(17)11-15/h2-8,11H,9-10H2,1H3,(H2,18,19,20). The number of carbonyl (C=O) groups is 1. The van der Waals surface area contributed by atoms with E-state index < -0.39 is 0 Å². The minimum atomic E-state index is -0.292. The van der Waals surface area contributed by atoms with Gasteiger partial charge in [0, 0.05) is 10.7 Å². The van der Waals surface area contributed by atoms with Crippen LogP contribution in [0.15, 0.2) is 48.5 Å². The van der Waals surface area contributed by atoms with Crippen molar-refractivity contribution in [2.24, 2.45) is 0 Å². The highest BCUT2D eigenvalue weighted by molar-refractivity contribution is 6.30. The molecule has 0 atom stereocenters. The van der Waals surface area contributed by atoms with Crippen molar-refractivity contribution in [3.63, 3.8) is 0 Å². The number of amides is 2. The van der Waals surface area contributed by atoms with E-state index in [0.29, 0.717) is 29.6 Å². The van der Waals surface area contributed by atoms with Gasteiger partial charge in [0.2, 0.25) is 0 Å². The van der Waals surface area contributed by atoms with Crippen LogP contribution in [0.1, 0.15) is 0 Å². The molecule has 0 aliphatic heterocycles. The van der Waals surface area contributed by atoms with Crippen molar-refractivity contribution in [2.45, 2.75) is 0 Å². The van der Waals surface area contributed by atoms with Crippen LogP contribution in [0.3, 0.4) is 0 Å². The molecule has 0 fully saturated rings. The molecule has 0 radical (unpaired) electrons. The molecule has 2 rings (SSSR count). The third-order valence-electron chi connectivity index (χ3n) is 2.80. The molecule has 22 heavy (non-hydrogen) atoms. The minimum absolute atomic E-state index is 0.292. The van der Waals surface area contributed by atoms with E-state index in [2.05, 4.69) is 10.6 Å². The van der Waals surface area contributed by atoms with Gasteiger partial charge in [-0.2, -0.15) is 0 Å². The molecule has 0 saturated carbocycles. The van der Waals surface area contributed by atoms with Crippen molar-refractivity contribution in [1.82, 2.24) is 5.32 Å². The maximum absolute atomic E-state index is 11.7. The van der Waals surface area contributed by atoms with Gasteiger partial charge in [-0.25, -0.2) is 4.79 Å². The molecule has 0 aromatic heterocycles. The lowest BCUT2D eigenvalue weighted by molar-refractivity contribution is 0.247. The quantitative estimate of drug-likeness (QED) is 0.800. The molecule has 0 unspecified atom stereocenters. The molecule has 0 spiro atoms. The van der Waals surface area contributed by atoms with Crippen LogP contribution < -0.4 is 20.1 Å². The molecule has 2 aromatic carbocycles. The number of ether oxygens (including phenoxy) is 2. The van der Waals surface area contributed by atoms with Crippen molar-refractivity contribution in [1.29, 1.82) is 0 Å². The van der Waals surface area contributed by atoms with Crippen LogP contribution in [0.25, 0.3) is 0 Å². The number of urea groups is 1. The highest BCUT2D eigenvalue weighted by Gasteiger charge is 2.01. The lowest BCUT2D eigenvalue weighted by atomic mass is 10.3. The molecular formula is C16H17ClN2O3. The van der Waals surface area contributed by atoms with Gasteiger partial charge in [-0.3, -0.25) is 0 Å². The first-order valence-electron chi connectivity index (χ1n) is 6.74. The first-order valence-corrected chi connectivity index (χ1v) is 7.12. The second-order valence-corrected chi connectivity index (χ2v) is 4.85. The van der Waals surface area contributed by atoms with Crippen LogP contribution in [0.2, 0.25) is 5.02 Å². The van der Waals surface area contributed by atoms with Gasteiger partial charge in [0.1, 0.15) is 18.1 Å². The largest absolute Gasteiger partial charge is 0.497 e. The summed E-state index contributed by atoms with van der Waals surface area (Å²) in [4.78, 5) is 11.7. The van der Waals surface area contributed by atoms with Gasteiger partial charge in [-0.1, -0.05) is 17.7 Å². The Morgan fingerprint density at radius 3 is 2.59 bits per heavy atom. The number of rotatable bonds is 6. The smallest absolute Gasteiger partial charge is 0.319 e.